The Bertz CT molecular complexity index is 1360. The Hall–Kier alpha value is -3.71. The number of benzene rings is 2. The molecule has 1 aliphatic heterocycles. The Kier molecular flexibility index (Phi) is 5.93. The van der Waals surface area contributed by atoms with E-state index in [0.29, 0.717) is 28.8 Å². The Balaban J connectivity index is 1.90. The number of urea groups is 1. The third-order valence-corrected chi connectivity index (χ3v) is 6.42. The van der Waals surface area contributed by atoms with Gasteiger partial charge in [-0.1, -0.05) is 12.1 Å². The average Bonchev–Trinajstić information content (AvgIpc) is 3.34. The van der Waals surface area contributed by atoms with Crippen molar-refractivity contribution in [2.24, 2.45) is 5.73 Å². The zero-order valence-electron chi connectivity index (χ0n) is 17.7. The number of carbonyl (C=O) groups is 3. The number of nitrogens with two attached hydrogens (primary N) is 1. The number of halogens is 5. The molecule has 182 valence electrons. The van der Waals surface area contributed by atoms with Gasteiger partial charge in [0.25, 0.3) is 11.8 Å². The Labute approximate surface area is 198 Å². The first kappa shape index (κ1) is 24.4. The highest BCUT2D eigenvalue weighted by Crippen LogP contribution is 2.39. The largest absolute Gasteiger partial charge is 0.416 e. The molecule has 1 fully saturated rings. The molecule has 4 amide bonds. The number of rotatable bonds is 4. The number of alkyl halides is 3. The molecule has 1 aromatic heterocycles. The minimum absolute atomic E-state index is 0.167. The maximum absolute atomic E-state index is 14.9. The number of nitrogens with one attached hydrogen (secondary N) is 1. The molecule has 0 aliphatic carbocycles. The minimum atomic E-state index is -4.68. The van der Waals surface area contributed by atoms with E-state index in [9.17, 15) is 36.3 Å². The van der Waals surface area contributed by atoms with Gasteiger partial charge in [-0.3, -0.25) is 14.9 Å². The Morgan fingerprint density at radius 3 is 2.34 bits per heavy atom. The standard InChI is InChI=1S/C22H15F5N4O3S/c1-10-14(8-35-30-10)21(9-28)19(33)29-20(34)31(21)18(32)13-6-7-15(23)17(24)16(13)11-2-4-12(5-3-11)22(25,26)27/h2-8H,9,28H2,1H3,(H,29,33,34). The van der Waals surface area contributed by atoms with Crippen molar-refractivity contribution in [3.8, 4) is 11.1 Å². The smallest absolute Gasteiger partial charge is 0.327 e. The van der Waals surface area contributed by atoms with Crippen LogP contribution in [0.3, 0.4) is 0 Å². The summed E-state index contributed by atoms with van der Waals surface area (Å²) in [5, 5.41) is 3.45. The summed E-state index contributed by atoms with van der Waals surface area (Å²) in [6, 6.07) is 3.39. The van der Waals surface area contributed by atoms with Crippen molar-refractivity contribution in [2.75, 3.05) is 6.54 Å². The molecule has 2 aromatic carbocycles. The lowest BCUT2D eigenvalue weighted by atomic mass is 9.87. The van der Waals surface area contributed by atoms with Gasteiger partial charge < -0.3 is 5.73 Å². The molecular formula is C22H15F5N4O3S. The van der Waals surface area contributed by atoms with Crippen LogP contribution in [0.5, 0.6) is 0 Å². The molecule has 1 unspecified atom stereocenters. The quantitative estimate of drug-likeness (QED) is 0.408. The molecular weight excluding hydrogens is 495 g/mol. The Morgan fingerprint density at radius 2 is 1.80 bits per heavy atom. The average molecular weight is 510 g/mol. The molecule has 1 atom stereocenters. The van der Waals surface area contributed by atoms with E-state index in [0.717, 1.165) is 29.7 Å². The van der Waals surface area contributed by atoms with Crippen LogP contribution in [0.2, 0.25) is 0 Å². The minimum Gasteiger partial charge on any atom is -0.327 e. The maximum Gasteiger partial charge on any atom is 0.416 e. The van der Waals surface area contributed by atoms with Crippen LogP contribution >= 0.6 is 11.5 Å². The second-order valence-corrected chi connectivity index (χ2v) is 8.27. The third-order valence-electron chi connectivity index (χ3n) is 5.70. The van der Waals surface area contributed by atoms with E-state index >= 15 is 0 Å². The van der Waals surface area contributed by atoms with Gasteiger partial charge in [0.15, 0.2) is 17.2 Å². The van der Waals surface area contributed by atoms with Gasteiger partial charge in [0.2, 0.25) is 0 Å². The maximum atomic E-state index is 14.9. The van der Waals surface area contributed by atoms with Gasteiger partial charge in [-0.15, -0.1) is 0 Å². The van der Waals surface area contributed by atoms with Gasteiger partial charge in [0, 0.05) is 23.1 Å². The fourth-order valence-electron chi connectivity index (χ4n) is 3.98. The summed E-state index contributed by atoms with van der Waals surface area (Å²) in [4.78, 5) is 39.8. The summed E-state index contributed by atoms with van der Waals surface area (Å²) in [6.07, 6.45) is -4.68. The second-order valence-electron chi connectivity index (χ2n) is 7.64. The lowest BCUT2D eigenvalue weighted by Gasteiger charge is -2.33. The topological polar surface area (TPSA) is 105 Å². The molecule has 4 rings (SSSR count). The molecule has 3 N–H and O–H groups in total. The van der Waals surface area contributed by atoms with Gasteiger partial charge in [0.1, 0.15) is 0 Å². The molecule has 1 aliphatic rings. The van der Waals surface area contributed by atoms with Gasteiger partial charge in [0.05, 0.1) is 16.8 Å². The van der Waals surface area contributed by atoms with Gasteiger partial charge in [-0.05, 0) is 48.3 Å². The summed E-state index contributed by atoms with van der Waals surface area (Å²) in [6.45, 7) is 0.988. The van der Waals surface area contributed by atoms with Crippen LogP contribution in [-0.4, -0.2) is 33.7 Å². The molecule has 35 heavy (non-hydrogen) atoms. The molecule has 0 radical (unpaired) electrons. The van der Waals surface area contributed by atoms with Crippen LogP contribution < -0.4 is 11.1 Å². The van der Waals surface area contributed by atoms with Crippen molar-refractivity contribution in [3.63, 3.8) is 0 Å². The monoisotopic (exact) mass is 510 g/mol. The summed E-state index contributed by atoms with van der Waals surface area (Å²) < 4.78 is 72.0. The van der Waals surface area contributed by atoms with E-state index in [4.69, 9.17) is 5.73 Å². The van der Waals surface area contributed by atoms with E-state index in [-0.39, 0.29) is 11.1 Å². The van der Waals surface area contributed by atoms with Gasteiger partial charge in [-0.25, -0.2) is 18.5 Å². The lowest BCUT2D eigenvalue weighted by molar-refractivity contribution is -0.137. The number of aryl methyl sites for hydroxylation is 1. The molecule has 13 heteroatoms. The van der Waals surface area contributed by atoms with E-state index in [1.165, 1.54) is 12.3 Å². The highest BCUT2D eigenvalue weighted by atomic mass is 32.1. The predicted octanol–water partition coefficient (Wildman–Crippen LogP) is 3.96. The molecule has 3 aromatic rings. The predicted molar refractivity (Wildman–Crippen MR) is 114 cm³/mol. The van der Waals surface area contributed by atoms with Crippen LogP contribution in [0.4, 0.5) is 26.7 Å². The zero-order chi connectivity index (χ0) is 25.7. The molecule has 0 saturated carbocycles. The number of amides is 4. The van der Waals surface area contributed by atoms with Crippen molar-refractivity contribution in [1.29, 1.82) is 0 Å². The third kappa shape index (κ3) is 3.76. The first-order valence-corrected chi connectivity index (χ1v) is 10.7. The van der Waals surface area contributed by atoms with Crippen LogP contribution in [0, 0.1) is 18.6 Å². The molecule has 7 nitrogen and oxygen atoms in total. The van der Waals surface area contributed by atoms with E-state index in [1.54, 1.807) is 0 Å². The highest BCUT2D eigenvalue weighted by molar-refractivity contribution is 7.03. The summed E-state index contributed by atoms with van der Waals surface area (Å²) >= 11 is 0.951. The van der Waals surface area contributed by atoms with E-state index < -0.39 is 64.4 Å². The number of hydrogen-bond acceptors (Lipinski definition) is 6. The first-order valence-electron chi connectivity index (χ1n) is 9.90. The second kappa shape index (κ2) is 8.50. The van der Waals surface area contributed by atoms with E-state index in [1.807, 2.05) is 5.32 Å². The van der Waals surface area contributed by atoms with Crippen molar-refractivity contribution in [3.05, 3.63) is 75.8 Å². The van der Waals surface area contributed by atoms with Crippen LogP contribution in [0.25, 0.3) is 11.1 Å². The summed E-state index contributed by atoms with van der Waals surface area (Å²) in [5.74, 6) is -5.02. The van der Waals surface area contributed by atoms with Gasteiger partial charge in [-0.2, -0.15) is 17.5 Å². The molecule has 0 bridgehead atoms. The van der Waals surface area contributed by atoms with Crippen LogP contribution in [0.15, 0.2) is 41.8 Å². The lowest BCUT2D eigenvalue weighted by Crippen LogP contribution is -2.54. The number of aromatic nitrogens is 1. The fraction of sp³-hybridized carbons (Fsp3) is 0.182. The zero-order valence-corrected chi connectivity index (χ0v) is 18.6. The van der Waals surface area contributed by atoms with Crippen molar-refractivity contribution in [1.82, 2.24) is 14.6 Å². The summed E-state index contributed by atoms with van der Waals surface area (Å²) in [5.41, 5.74) is 1.80. The fourth-order valence-corrected chi connectivity index (χ4v) is 4.76. The van der Waals surface area contributed by atoms with Crippen molar-refractivity contribution >= 4 is 29.4 Å². The molecule has 1 saturated heterocycles. The highest BCUT2D eigenvalue weighted by Gasteiger charge is 2.58. The first-order chi connectivity index (χ1) is 16.4. The number of imide groups is 2. The molecule has 2 heterocycles. The normalized spacial score (nSPS) is 18.2. The van der Waals surface area contributed by atoms with Crippen molar-refractivity contribution < 1.29 is 36.3 Å². The summed E-state index contributed by atoms with van der Waals surface area (Å²) in [7, 11) is 0. The van der Waals surface area contributed by atoms with Gasteiger partial charge >= 0.3 is 12.2 Å². The molecule has 0 spiro atoms. The number of hydrogen-bond donors (Lipinski definition) is 2. The van der Waals surface area contributed by atoms with Crippen LogP contribution in [0.1, 0.15) is 27.2 Å². The number of carbonyl (C=O) groups excluding carboxylic acids is 3. The van der Waals surface area contributed by atoms with Crippen LogP contribution in [-0.2, 0) is 16.5 Å². The number of nitrogens with zero attached hydrogens (tertiary/aromatic N) is 2. The van der Waals surface area contributed by atoms with Crippen molar-refractivity contribution in [2.45, 2.75) is 18.6 Å². The SMILES string of the molecule is Cc1nscc1C1(CN)C(=O)NC(=O)N1C(=O)c1ccc(F)c(F)c1-c1ccc(C(F)(F)F)cc1. The van der Waals surface area contributed by atoms with E-state index in [2.05, 4.69) is 4.37 Å². The Morgan fingerprint density at radius 1 is 1.14 bits per heavy atom.